The van der Waals surface area contributed by atoms with E-state index in [4.69, 9.17) is 0 Å². The Hall–Kier alpha value is -2.06. The Morgan fingerprint density at radius 1 is 0.625 bits per heavy atom. The molecule has 3 rings (SSSR count). The van der Waals surface area contributed by atoms with E-state index in [2.05, 4.69) is 121 Å². The van der Waals surface area contributed by atoms with Crippen LogP contribution in [0.3, 0.4) is 0 Å². The summed E-state index contributed by atoms with van der Waals surface area (Å²) >= 11 is 0. The topological polar surface area (TPSA) is 8.81 Å². The molecule has 0 aliphatic heterocycles. The van der Waals surface area contributed by atoms with E-state index in [0.717, 1.165) is 0 Å². The lowest BCUT2D eigenvalue weighted by molar-refractivity contribution is -0.603. The molecule has 2 nitrogen and oxygen atoms in total. The van der Waals surface area contributed by atoms with Gasteiger partial charge in [0.05, 0.1) is 0 Å². The highest BCUT2D eigenvalue weighted by atomic mass is 35.5. The van der Waals surface area contributed by atoms with Crippen LogP contribution in [0.2, 0.25) is 0 Å². The summed E-state index contributed by atoms with van der Waals surface area (Å²) in [6.07, 6.45) is 2.34. The average molecular weight is 453 g/mol. The van der Waals surface area contributed by atoms with Gasteiger partial charge in [-0.25, -0.2) is 0 Å². The summed E-state index contributed by atoms with van der Waals surface area (Å²) < 4.78 is 4.94. The molecule has 174 valence electrons. The predicted octanol–water partition coefficient (Wildman–Crippen LogP) is 4.87. The summed E-state index contributed by atoms with van der Waals surface area (Å²) in [5.74, 6) is 3.15. The van der Waals surface area contributed by atoms with Gasteiger partial charge in [0, 0.05) is 36.1 Å². The Balaban J connectivity index is 0.00000363. The summed E-state index contributed by atoms with van der Waals surface area (Å²) in [7, 11) is 0. The number of aryl methyl sites for hydroxylation is 1. The third-order valence-corrected chi connectivity index (χ3v) is 6.49. The first-order chi connectivity index (χ1) is 14.6. The van der Waals surface area contributed by atoms with Crippen molar-refractivity contribution in [3.8, 4) is 11.4 Å². The number of hydrogen-bond donors (Lipinski definition) is 0. The highest BCUT2D eigenvalue weighted by molar-refractivity contribution is 5.53. The number of benzene rings is 2. The van der Waals surface area contributed by atoms with Gasteiger partial charge >= 0.3 is 0 Å². The Bertz CT molecular complexity index is 1020. The van der Waals surface area contributed by atoms with Gasteiger partial charge in [-0.1, -0.05) is 91.8 Å². The normalized spacial score (nSPS) is 11.7. The van der Waals surface area contributed by atoms with Crippen LogP contribution in [0.25, 0.3) is 11.4 Å². The standard InChI is InChI=1S/C29H41N2.ClH/c1-18(2)24-13-11-14-25(19(3)4)28(24)30-17-22(9)31(23(30)10)29-26(20(5)6)15-12-16-27(29)21(7)8;/h11-21H,1-10H3;1H/q+1;/p-1. The van der Waals surface area contributed by atoms with Crippen LogP contribution in [0, 0.1) is 13.8 Å². The molecule has 0 aliphatic carbocycles. The monoisotopic (exact) mass is 452 g/mol. The fraction of sp³-hybridized carbons (Fsp3) is 0.483. The molecular weight excluding hydrogens is 412 g/mol. The number of halogens is 1. The maximum atomic E-state index is 2.49. The molecule has 0 spiro atoms. The first-order valence-electron chi connectivity index (χ1n) is 11.9. The number of para-hydroxylation sites is 2. The van der Waals surface area contributed by atoms with Crippen LogP contribution in [0.4, 0.5) is 0 Å². The second-order valence-corrected chi connectivity index (χ2v) is 10.2. The summed E-state index contributed by atoms with van der Waals surface area (Å²) in [6.45, 7) is 22.9. The molecule has 0 saturated heterocycles. The van der Waals surface area contributed by atoms with Crippen molar-refractivity contribution in [2.75, 3.05) is 0 Å². The third kappa shape index (κ3) is 4.66. The summed E-state index contributed by atoms with van der Waals surface area (Å²) in [6, 6.07) is 13.6. The number of imidazole rings is 1. The van der Waals surface area contributed by atoms with Crippen molar-refractivity contribution in [3.05, 3.63) is 76.4 Å². The quantitative estimate of drug-likeness (QED) is 0.472. The lowest BCUT2D eigenvalue weighted by Crippen LogP contribution is -3.00. The van der Waals surface area contributed by atoms with Crippen LogP contribution in [-0.4, -0.2) is 4.57 Å². The molecule has 0 N–H and O–H groups in total. The van der Waals surface area contributed by atoms with Crippen LogP contribution >= 0.6 is 0 Å². The Morgan fingerprint density at radius 3 is 1.38 bits per heavy atom. The number of nitrogens with zero attached hydrogens (tertiary/aromatic N) is 2. The van der Waals surface area contributed by atoms with Gasteiger partial charge in [0.1, 0.15) is 23.3 Å². The minimum Gasteiger partial charge on any atom is -1.00 e. The van der Waals surface area contributed by atoms with Gasteiger partial charge in [-0.05, 0) is 23.7 Å². The van der Waals surface area contributed by atoms with Gasteiger partial charge in [0.15, 0.2) is 0 Å². The number of hydrogen-bond acceptors (Lipinski definition) is 0. The smallest absolute Gasteiger partial charge is 0.263 e. The van der Waals surface area contributed by atoms with Crippen molar-refractivity contribution >= 4 is 0 Å². The summed E-state index contributed by atoms with van der Waals surface area (Å²) in [5.41, 5.74) is 9.67. The highest BCUT2D eigenvalue weighted by Crippen LogP contribution is 2.34. The maximum Gasteiger partial charge on any atom is 0.263 e. The van der Waals surface area contributed by atoms with Crippen LogP contribution in [0.15, 0.2) is 42.6 Å². The van der Waals surface area contributed by atoms with Crippen molar-refractivity contribution in [2.24, 2.45) is 0 Å². The van der Waals surface area contributed by atoms with Crippen molar-refractivity contribution in [3.63, 3.8) is 0 Å². The first kappa shape index (κ1) is 26.2. The largest absolute Gasteiger partial charge is 1.00 e. The molecule has 2 aromatic carbocycles. The Kier molecular flexibility index (Phi) is 8.39. The molecule has 0 radical (unpaired) electrons. The van der Waals surface area contributed by atoms with E-state index in [1.165, 1.54) is 45.1 Å². The van der Waals surface area contributed by atoms with Gasteiger partial charge in [0.25, 0.3) is 5.82 Å². The molecule has 0 fully saturated rings. The van der Waals surface area contributed by atoms with Crippen molar-refractivity contribution in [1.29, 1.82) is 0 Å². The maximum absolute atomic E-state index is 2.49. The van der Waals surface area contributed by atoms with E-state index >= 15 is 0 Å². The van der Waals surface area contributed by atoms with Gasteiger partial charge in [0.2, 0.25) is 0 Å². The average Bonchev–Trinajstić information content (AvgIpc) is 2.99. The van der Waals surface area contributed by atoms with Crippen LogP contribution in [0.1, 0.15) is 113 Å². The molecule has 0 aliphatic rings. The fourth-order valence-electron chi connectivity index (χ4n) is 4.83. The van der Waals surface area contributed by atoms with E-state index in [-0.39, 0.29) is 12.4 Å². The van der Waals surface area contributed by atoms with E-state index in [9.17, 15) is 0 Å². The van der Waals surface area contributed by atoms with E-state index in [1.54, 1.807) is 0 Å². The lowest BCUT2D eigenvalue weighted by Gasteiger charge is -2.19. The van der Waals surface area contributed by atoms with Gasteiger partial charge in [-0.2, -0.15) is 9.13 Å². The van der Waals surface area contributed by atoms with Crippen molar-refractivity contribution in [1.82, 2.24) is 4.57 Å². The molecular formula is C29H41ClN2. The fourth-order valence-corrected chi connectivity index (χ4v) is 4.83. The molecule has 32 heavy (non-hydrogen) atoms. The lowest BCUT2D eigenvalue weighted by atomic mass is 9.92. The molecule has 0 atom stereocenters. The summed E-state index contributed by atoms with van der Waals surface area (Å²) in [4.78, 5) is 0. The molecule has 1 heterocycles. The zero-order chi connectivity index (χ0) is 23.0. The minimum absolute atomic E-state index is 0. The first-order valence-corrected chi connectivity index (χ1v) is 11.9. The van der Waals surface area contributed by atoms with Gasteiger partial charge < -0.3 is 12.4 Å². The highest BCUT2D eigenvalue weighted by Gasteiger charge is 2.29. The molecule has 0 saturated carbocycles. The van der Waals surface area contributed by atoms with Gasteiger partial charge in [-0.3, -0.25) is 0 Å². The molecule has 0 unspecified atom stereocenters. The molecule has 1 aromatic heterocycles. The van der Waals surface area contributed by atoms with E-state index < -0.39 is 0 Å². The van der Waals surface area contributed by atoms with Crippen LogP contribution < -0.4 is 17.0 Å². The molecule has 0 amide bonds. The molecule has 3 heteroatoms. The molecule has 0 bridgehead atoms. The van der Waals surface area contributed by atoms with Crippen molar-refractivity contribution in [2.45, 2.75) is 92.9 Å². The predicted molar refractivity (Wildman–Crippen MR) is 133 cm³/mol. The third-order valence-electron chi connectivity index (χ3n) is 6.49. The van der Waals surface area contributed by atoms with E-state index in [1.807, 2.05) is 0 Å². The summed E-state index contributed by atoms with van der Waals surface area (Å²) in [5, 5.41) is 0. The minimum atomic E-state index is 0. The SMILES string of the molecule is Cc1c[n+](-c2c(C(C)C)cccc2C(C)C)c(C)n1-c1c(C(C)C)cccc1C(C)C.[Cl-]. The number of aromatic nitrogens is 2. The second-order valence-electron chi connectivity index (χ2n) is 10.2. The zero-order valence-electron chi connectivity index (χ0n) is 21.6. The van der Waals surface area contributed by atoms with E-state index in [0.29, 0.717) is 23.7 Å². The molecule has 3 aromatic rings. The van der Waals surface area contributed by atoms with Crippen LogP contribution in [-0.2, 0) is 0 Å². The van der Waals surface area contributed by atoms with Crippen molar-refractivity contribution < 1.29 is 17.0 Å². The van der Waals surface area contributed by atoms with Crippen LogP contribution in [0.5, 0.6) is 0 Å². The van der Waals surface area contributed by atoms with Gasteiger partial charge in [-0.15, -0.1) is 0 Å². The Labute approximate surface area is 202 Å². The number of rotatable bonds is 6. The Morgan fingerprint density at radius 2 is 1.00 bits per heavy atom. The zero-order valence-corrected chi connectivity index (χ0v) is 22.4. The second kappa shape index (κ2) is 10.3.